The van der Waals surface area contributed by atoms with Crippen LogP contribution in [0.3, 0.4) is 0 Å². The van der Waals surface area contributed by atoms with Gasteiger partial charge < -0.3 is 10.1 Å². The van der Waals surface area contributed by atoms with Gasteiger partial charge in [-0.05, 0) is 31.0 Å². The minimum Gasteiger partial charge on any atom is -0.432 e. The van der Waals surface area contributed by atoms with Crippen molar-refractivity contribution in [2.75, 3.05) is 11.9 Å². The molecule has 0 aliphatic rings. The number of nitrogens with one attached hydrogen (secondary N) is 1. The topological polar surface area (TPSA) is 77.3 Å². The van der Waals surface area contributed by atoms with Gasteiger partial charge in [0.25, 0.3) is 0 Å². The van der Waals surface area contributed by atoms with Crippen LogP contribution in [0.25, 0.3) is 0 Å². The smallest absolute Gasteiger partial charge is 0.311 e. The molecule has 2 rings (SSSR count). The fourth-order valence-corrected chi connectivity index (χ4v) is 1.88. The zero-order valence-corrected chi connectivity index (χ0v) is 12.0. The summed E-state index contributed by atoms with van der Waals surface area (Å²) in [5, 5.41) is 14.2. The lowest BCUT2D eigenvalue weighted by molar-refractivity contribution is -0.385. The second-order valence-corrected chi connectivity index (χ2v) is 4.41. The van der Waals surface area contributed by atoms with E-state index in [1.54, 1.807) is 18.2 Å². The largest absolute Gasteiger partial charge is 0.432 e. The van der Waals surface area contributed by atoms with E-state index in [1.807, 2.05) is 26.0 Å². The van der Waals surface area contributed by atoms with Crippen molar-refractivity contribution in [2.24, 2.45) is 0 Å². The third kappa shape index (κ3) is 3.68. The van der Waals surface area contributed by atoms with Crippen molar-refractivity contribution in [2.45, 2.75) is 20.3 Å². The maximum Gasteiger partial charge on any atom is 0.311 e. The molecule has 6 nitrogen and oxygen atoms in total. The molecular weight excluding hydrogens is 270 g/mol. The molecule has 0 saturated carbocycles. The molecule has 0 atom stereocenters. The molecule has 6 heteroatoms. The van der Waals surface area contributed by atoms with Crippen molar-refractivity contribution < 1.29 is 9.66 Å². The number of nitrogens with zero attached hydrogens (tertiary/aromatic N) is 2. The Labute approximate surface area is 122 Å². The number of anilines is 1. The van der Waals surface area contributed by atoms with Crippen molar-refractivity contribution in [3.05, 3.63) is 52.1 Å². The Balaban J connectivity index is 2.30. The lowest BCUT2D eigenvalue weighted by Gasteiger charge is -2.08. The number of aromatic nitrogens is 1. The Morgan fingerprint density at radius 1 is 1.29 bits per heavy atom. The fraction of sp³-hybridized carbons (Fsp3) is 0.267. The van der Waals surface area contributed by atoms with Gasteiger partial charge in [0.2, 0.25) is 11.6 Å². The highest BCUT2D eigenvalue weighted by molar-refractivity contribution is 5.50. The Kier molecular flexibility index (Phi) is 4.71. The minimum atomic E-state index is -0.442. The summed E-state index contributed by atoms with van der Waals surface area (Å²) in [4.78, 5) is 14.9. The third-order valence-corrected chi connectivity index (χ3v) is 2.92. The predicted octanol–water partition coefficient (Wildman–Crippen LogP) is 3.78. The van der Waals surface area contributed by atoms with Crippen LogP contribution in [0.4, 0.5) is 11.5 Å². The summed E-state index contributed by atoms with van der Waals surface area (Å²) in [6.07, 6.45) is 0.731. The van der Waals surface area contributed by atoms with E-state index in [4.69, 9.17) is 4.74 Å². The summed E-state index contributed by atoms with van der Waals surface area (Å²) in [5.41, 5.74) is 0.841. The highest BCUT2D eigenvalue weighted by atomic mass is 16.6. The van der Waals surface area contributed by atoms with Gasteiger partial charge in [-0.25, -0.2) is 0 Å². The number of ether oxygens (including phenoxy) is 1. The summed E-state index contributed by atoms with van der Waals surface area (Å²) in [5.74, 6) is 1.18. The van der Waals surface area contributed by atoms with Crippen LogP contribution in [-0.4, -0.2) is 16.5 Å². The van der Waals surface area contributed by atoms with E-state index in [0.29, 0.717) is 11.7 Å². The third-order valence-electron chi connectivity index (χ3n) is 2.92. The Bertz CT molecular complexity index is 644. The summed E-state index contributed by atoms with van der Waals surface area (Å²) in [7, 11) is 0. The maximum atomic E-state index is 11.1. The van der Waals surface area contributed by atoms with Crippen LogP contribution in [0, 0.1) is 10.1 Å². The molecule has 1 N–H and O–H groups in total. The van der Waals surface area contributed by atoms with Crippen LogP contribution in [0.15, 0.2) is 36.4 Å². The average Bonchev–Trinajstić information content (AvgIpc) is 2.48. The lowest BCUT2D eigenvalue weighted by Crippen LogP contribution is -2.00. The second-order valence-electron chi connectivity index (χ2n) is 4.41. The summed E-state index contributed by atoms with van der Waals surface area (Å²) >= 11 is 0. The van der Waals surface area contributed by atoms with E-state index >= 15 is 0 Å². The van der Waals surface area contributed by atoms with Gasteiger partial charge in [-0.1, -0.05) is 19.1 Å². The van der Waals surface area contributed by atoms with E-state index in [0.717, 1.165) is 18.5 Å². The second kappa shape index (κ2) is 6.69. The minimum absolute atomic E-state index is 0.0509. The first-order valence-corrected chi connectivity index (χ1v) is 6.80. The van der Waals surface area contributed by atoms with Gasteiger partial charge in [-0.3, -0.25) is 10.1 Å². The molecule has 0 aliphatic carbocycles. The van der Waals surface area contributed by atoms with Gasteiger partial charge in [0.15, 0.2) is 0 Å². The van der Waals surface area contributed by atoms with Gasteiger partial charge in [-0.15, -0.1) is 0 Å². The van der Waals surface area contributed by atoms with Gasteiger partial charge >= 0.3 is 5.69 Å². The number of pyridine rings is 1. The number of benzene rings is 1. The molecule has 0 saturated heterocycles. The van der Waals surface area contributed by atoms with E-state index in [9.17, 15) is 10.1 Å². The van der Waals surface area contributed by atoms with Crippen LogP contribution >= 0.6 is 0 Å². The molecule has 2 aromatic rings. The number of hydrogen-bond acceptors (Lipinski definition) is 5. The molecule has 0 fully saturated rings. The SMILES string of the molecule is CCNc1cccc(Oc2ccc(CC)cc2[N+](=O)[O-])n1. The number of hydrogen-bond donors (Lipinski definition) is 1. The van der Waals surface area contributed by atoms with Crippen LogP contribution in [0.5, 0.6) is 11.6 Å². The van der Waals surface area contributed by atoms with Crippen molar-refractivity contribution in [1.82, 2.24) is 4.98 Å². The Morgan fingerprint density at radius 3 is 2.76 bits per heavy atom. The fourth-order valence-electron chi connectivity index (χ4n) is 1.88. The quantitative estimate of drug-likeness (QED) is 0.646. The number of nitro benzene ring substituents is 1. The van der Waals surface area contributed by atoms with Crippen LogP contribution in [0.1, 0.15) is 19.4 Å². The Hall–Kier alpha value is -2.63. The summed E-state index contributed by atoms with van der Waals surface area (Å²) in [6.45, 7) is 4.65. The monoisotopic (exact) mass is 287 g/mol. The number of rotatable bonds is 6. The molecule has 1 heterocycles. The first-order chi connectivity index (χ1) is 10.1. The standard InChI is InChI=1S/C15H17N3O3/c1-3-11-8-9-13(12(10-11)18(19)20)21-15-7-5-6-14(17-15)16-4-2/h5-10H,3-4H2,1-2H3,(H,16,17). The summed E-state index contributed by atoms with van der Waals surface area (Å²) < 4.78 is 5.56. The van der Waals surface area contributed by atoms with Crippen LogP contribution in [0.2, 0.25) is 0 Å². The molecule has 0 unspecified atom stereocenters. The van der Waals surface area contributed by atoms with Crippen LogP contribution in [-0.2, 0) is 6.42 Å². The zero-order valence-electron chi connectivity index (χ0n) is 12.0. The maximum absolute atomic E-state index is 11.1. The van der Waals surface area contributed by atoms with Gasteiger partial charge in [0, 0.05) is 18.7 Å². The average molecular weight is 287 g/mol. The highest BCUT2D eigenvalue weighted by Gasteiger charge is 2.17. The molecule has 0 amide bonds. The molecule has 0 spiro atoms. The van der Waals surface area contributed by atoms with Crippen molar-refractivity contribution in [3.8, 4) is 11.6 Å². The molecular formula is C15H17N3O3. The number of nitro groups is 1. The van der Waals surface area contributed by atoms with Gasteiger partial charge in [-0.2, -0.15) is 4.98 Å². The summed E-state index contributed by atoms with van der Waals surface area (Å²) in [6, 6.07) is 10.2. The normalized spacial score (nSPS) is 10.2. The van der Waals surface area contributed by atoms with Gasteiger partial charge in [0.05, 0.1) is 4.92 Å². The van der Waals surface area contributed by atoms with Crippen LogP contribution < -0.4 is 10.1 Å². The predicted molar refractivity (Wildman–Crippen MR) is 80.9 cm³/mol. The van der Waals surface area contributed by atoms with Gasteiger partial charge in [0.1, 0.15) is 5.82 Å². The van der Waals surface area contributed by atoms with E-state index in [1.165, 1.54) is 6.07 Å². The number of aryl methyl sites for hydroxylation is 1. The van der Waals surface area contributed by atoms with E-state index < -0.39 is 4.92 Å². The Morgan fingerprint density at radius 2 is 2.10 bits per heavy atom. The zero-order chi connectivity index (χ0) is 15.2. The van der Waals surface area contributed by atoms with E-state index in [2.05, 4.69) is 10.3 Å². The van der Waals surface area contributed by atoms with Crippen molar-refractivity contribution >= 4 is 11.5 Å². The molecule has 21 heavy (non-hydrogen) atoms. The molecule has 0 radical (unpaired) electrons. The first kappa shape index (κ1) is 14.8. The van der Waals surface area contributed by atoms with E-state index in [-0.39, 0.29) is 11.4 Å². The van der Waals surface area contributed by atoms with Crippen molar-refractivity contribution in [1.29, 1.82) is 0 Å². The molecule has 0 bridgehead atoms. The molecule has 1 aromatic carbocycles. The first-order valence-electron chi connectivity index (χ1n) is 6.80. The molecule has 1 aromatic heterocycles. The highest BCUT2D eigenvalue weighted by Crippen LogP contribution is 2.31. The molecule has 0 aliphatic heterocycles. The lowest BCUT2D eigenvalue weighted by atomic mass is 10.1. The molecule has 110 valence electrons. The van der Waals surface area contributed by atoms with Crippen molar-refractivity contribution in [3.63, 3.8) is 0 Å².